The number of hydrogen-bond donors (Lipinski definition) is 0. The summed E-state index contributed by atoms with van der Waals surface area (Å²) in [6.07, 6.45) is -0.297. The maximum atomic E-state index is 12.6. The molecule has 1 aliphatic carbocycles. The molecule has 164 valence electrons. The summed E-state index contributed by atoms with van der Waals surface area (Å²) in [5.74, 6) is 0.348. The van der Waals surface area contributed by atoms with E-state index in [9.17, 15) is 13.2 Å². The first kappa shape index (κ1) is 20.2. The van der Waals surface area contributed by atoms with Crippen LogP contribution in [0.1, 0.15) is 25.7 Å². The molecule has 1 saturated carbocycles. The fourth-order valence-corrected chi connectivity index (χ4v) is 4.84. The Morgan fingerprint density at radius 1 is 1.19 bits per heavy atom. The lowest BCUT2D eigenvalue weighted by atomic mass is 9.87. The summed E-state index contributed by atoms with van der Waals surface area (Å²) < 4.78 is 49.4. The van der Waals surface area contributed by atoms with Gasteiger partial charge in [0.2, 0.25) is 5.65 Å². The van der Waals surface area contributed by atoms with Crippen molar-refractivity contribution in [3.05, 3.63) is 29.4 Å². The first-order chi connectivity index (χ1) is 14.7. The summed E-state index contributed by atoms with van der Waals surface area (Å²) in [7, 11) is 1.95. The van der Waals surface area contributed by atoms with Gasteiger partial charge < -0.3 is 14.4 Å². The summed E-state index contributed by atoms with van der Waals surface area (Å²) in [5.41, 5.74) is 1.52. The van der Waals surface area contributed by atoms with Crippen molar-refractivity contribution < 1.29 is 22.6 Å². The first-order valence-corrected chi connectivity index (χ1v) is 10.3. The zero-order chi connectivity index (χ0) is 21.8. The van der Waals surface area contributed by atoms with Crippen molar-refractivity contribution >= 4 is 22.9 Å². The van der Waals surface area contributed by atoms with Crippen LogP contribution in [0.4, 0.5) is 18.9 Å². The van der Waals surface area contributed by atoms with Gasteiger partial charge >= 0.3 is 6.36 Å². The van der Waals surface area contributed by atoms with Crippen LogP contribution >= 0.6 is 11.6 Å². The van der Waals surface area contributed by atoms with Crippen LogP contribution in [0, 0.1) is 5.41 Å². The molecule has 7 nitrogen and oxygen atoms in total. The standard InChI is InChI=1S/C20H19ClF3N5O2/c1-28-10-19(7-2-3-8-19)11-30-15-14(28)18-26-25-17(29(18)27-16(15)21)12-5-4-6-13(9-12)31-20(22,23)24/h4-6,9H,2-3,7-8,10-11H2,1H3. The topological polar surface area (TPSA) is 64.8 Å². The predicted molar refractivity (Wildman–Crippen MR) is 108 cm³/mol. The van der Waals surface area contributed by atoms with E-state index < -0.39 is 6.36 Å². The number of nitrogens with zero attached hydrogens (tertiary/aromatic N) is 5. The highest BCUT2D eigenvalue weighted by atomic mass is 35.5. The van der Waals surface area contributed by atoms with Gasteiger partial charge in [0, 0.05) is 24.6 Å². The number of ether oxygens (including phenoxy) is 2. The molecule has 11 heteroatoms. The molecule has 0 amide bonds. The van der Waals surface area contributed by atoms with Crippen LogP contribution in [0.15, 0.2) is 24.3 Å². The second-order valence-corrected chi connectivity index (χ2v) is 8.51. The van der Waals surface area contributed by atoms with E-state index in [1.54, 1.807) is 6.07 Å². The summed E-state index contributed by atoms with van der Waals surface area (Å²) in [4.78, 5) is 2.07. The van der Waals surface area contributed by atoms with Crippen LogP contribution < -0.4 is 14.4 Å². The Morgan fingerprint density at radius 3 is 2.71 bits per heavy atom. The molecule has 0 unspecified atom stereocenters. The maximum Gasteiger partial charge on any atom is 0.573 e. The molecule has 1 aromatic carbocycles. The first-order valence-electron chi connectivity index (χ1n) is 9.90. The summed E-state index contributed by atoms with van der Waals surface area (Å²) in [6.45, 7) is 1.34. The van der Waals surface area contributed by atoms with Crippen molar-refractivity contribution in [2.24, 2.45) is 5.41 Å². The molecule has 0 bridgehead atoms. The van der Waals surface area contributed by atoms with Gasteiger partial charge in [0.15, 0.2) is 16.7 Å². The number of rotatable bonds is 2. The predicted octanol–water partition coefficient (Wildman–Crippen LogP) is 4.73. The summed E-state index contributed by atoms with van der Waals surface area (Å²) in [6, 6.07) is 5.50. The highest BCUT2D eigenvalue weighted by Gasteiger charge is 2.40. The molecule has 2 aliphatic rings. The quantitative estimate of drug-likeness (QED) is 0.559. The van der Waals surface area contributed by atoms with Crippen molar-refractivity contribution in [3.8, 4) is 22.9 Å². The Morgan fingerprint density at radius 2 is 1.97 bits per heavy atom. The van der Waals surface area contributed by atoms with E-state index >= 15 is 0 Å². The van der Waals surface area contributed by atoms with Crippen molar-refractivity contribution in [3.63, 3.8) is 0 Å². The lowest BCUT2D eigenvalue weighted by Gasteiger charge is -2.30. The van der Waals surface area contributed by atoms with Crippen LogP contribution in [-0.4, -0.2) is 46.4 Å². The molecule has 0 N–H and O–H groups in total. The van der Waals surface area contributed by atoms with Crippen molar-refractivity contribution in [1.82, 2.24) is 19.8 Å². The number of fused-ring (bicyclic) bond motifs is 3. The van der Waals surface area contributed by atoms with Gasteiger partial charge in [-0.3, -0.25) is 0 Å². The highest BCUT2D eigenvalue weighted by molar-refractivity contribution is 6.31. The van der Waals surface area contributed by atoms with E-state index in [1.807, 2.05) is 7.05 Å². The van der Waals surface area contributed by atoms with Crippen molar-refractivity contribution in [2.75, 3.05) is 25.1 Å². The number of aromatic nitrogens is 4. The van der Waals surface area contributed by atoms with E-state index in [0.717, 1.165) is 19.4 Å². The molecular weight excluding hydrogens is 435 g/mol. The van der Waals surface area contributed by atoms with Gasteiger partial charge in [-0.1, -0.05) is 36.6 Å². The number of hydrogen-bond acceptors (Lipinski definition) is 6. The SMILES string of the molecule is CN1CC2(CCCC2)COc2c(Cl)nn3c(-c4cccc(OC(F)(F)F)c4)nnc3c21. The highest BCUT2D eigenvalue weighted by Crippen LogP contribution is 2.47. The largest absolute Gasteiger partial charge is 0.573 e. The van der Waals surface area contributed by atoms with E-state index in [2.05, 4.69) is 24.9 Å². The second-order valence-electron chi connectivity index (χ2n) is 8.16. The normalized spacial score (nSPS) is 18.2. The van der Waals surface area contributed by atoms with E-state index in [4.69, 9.17) is 16.3 Å². The number of anilines is 1. The lowest BCUT2D eigenvalue weighted by Crippen LogP contribution is -2.35. The molecule has 1 aliphatic heterocycles. The van der Waals surface area contributed by atoms with Gasteiger partial charge in [-0.25, -0.2) is 0 Å². The minimum Gasteiger partial charge on any atom is -0.487 e. The molecular formula is C20H19ClF3N5O2. The molecule has 3 aromatic rings. The van der Waals surface area contributed by atoms with E-state index in [0.29, 0.717) is 29.3 Å². The monoisotopic (exact) mass is 453 g/mol. The Bertz CT molecular complexity index is 1140. The molecule has 31 heavy (non-hydrogen) atoms. The van der Waals surface area contributed by atoms with Gasteiger partial charge in [-0.2, -0.15) is 4.52 Å². The van der Waals surface area contributed by atoms with Gasteiger partial charge in [0.1, 0.15) is 11.4 Å². The van der Waals surface area contributed by atoms with Crippen molar-refractivity contribution in [2.45, 2.75) is 32.0 Å². The lowest BCUT2D eigenvalue weighted by molar-refractivity contribution is -0.274. The molecule has 5 rings (SSSR count). The maximum absolute atomic E-state index is 12.6. The fraction of sp³-hybridized carbons (Fsp3) is 0.450. The van der Waals surface area contributed by atoms with Crippen LogP contribution in [-0.2, 0) is 0 Å². The van der Waals surface area contributed by atoms with Gasteiger partial charge in [0.05, 0.1) is 6.61 Å². The third kappa shape index (κ3) is 3.62. The van der Waals surface area contributed by atoms with E-state index in [1.165, 1.54) is 35.6 Å². The van der Waals surface area contributed by atoms with Gasteiger partial charge in [0.25, 0.3) is 0 Å². The molecule has 0 radical (unpaired) electrons. The molecule has 0 saturated heterocycles. The minimum atomic E-state index is -4.79. The molecule has 2 aromatic heterocycles. The fourth-order valence-electron chi connectivity index (χ4n) is 4.62. The number of alkyl halides is 3. The Kier molecular flexibility index (Phi) is 4.65. The average molecular weight is 454 g/mol. The molecule has 1 fully saturated rings. The number of benzene rings is 1. The molecule has 3 heterocycles. The van der Waals surface area contributed by atoms with Crippen molar-refractivity contribution in [1.29, 1.82) is 0 Å². The Balaban J connectivity index is 1.59. The summed E-state index contributed by atoms with van der Waals surface area (Å²) in [5, 5.41) is 13.0. The van der Waals surface area contributed by atoms with Gasteiger partial charge in [-0.05, 0) is 25.0 Å². The van der Waals surface area contributed by atoms with Gasteiger partial charge in [-0.15, -0.1) is 28.5 Å². The molecule has 0 atom stereocenters. The van der Waals surface area contributed by atoms with Crippen LogP contribution in [0.3, 0.4) is 0 Å². The number of halogens is 4. The summed E-state index contributed by atoms with van der Waals surface area (Å²) >= 11 is 6.48. The third-order valence-corrected chi connectivity index (χ3v) is 6.16. The third-order valence-electron chi connectivity index (χ3n) is 5.91. The zero-order valence-corrected chi connectivity index (χ0v) is 17.4. The van der Waals surface area contributed by atoms with Crippen LogP contribution in [0.25, 0.3) is 17.0 Å². The Labute approximate surface area is 180 Å². The van der Waals surface area contributed by atoms with Crippen LogP contribution in [0.5, 0.6) is 11.5 Å². The Hall–Kier alpha value is -2.75. The molecule has 1 spiro atoms. The minimum absolute atomic E-state index is 0.0558. The average Bonchev–Trinajstić information content (AvgIpc) is 3.28. The van der Waals surface area contributed by atoms with E-state index in [-0.39, 0.29) is 22.1 Å². The smallest absolute Gasteiger partial charge is 0.487 e. The van der Waals surface area contributed by atoms with Crippen LogP contribution in [0.2, 0.25) is 5.15 Å². The zero-order valence-electron chi connectivity index (χ0n) is 16.6. The second kappa shape index (κ2) is 7.15.